The van der Waals surface area contributed by atoms with E-state index in [0.29, 0.717) is 13.1 Å². The van der Waals surface area contributed by atoms with Crippen LogP contribution in [0.1, 0.15) is 18.4 Å². The summed E-state index contributed by atoms with van der Waals surface area (Å²) < 4.78 is 1.82. The largest absolute Gasteiger partial charge is 0.353 e. The Morgan fingerprint density at radius 2 is 2.05 bits per heavy atom. The third-order valence-corrected chi connectivity index (χ3v) is 3.70. The van der Waals surface area contributed by atoms with Crippen molar-refractivity contribution in [3.8, 4) is 0 Å². The minimum atomic E-state index is -0.272. The van der Waals surface area contributed by atoms with Gasteiger partial charge in [0.25, 0.3) is 0 Å². The van der Waals surface area contributed by atoms with Crippen LogP contribution in [0.3, 0.4) is 0 Å². The number of carbonyl (C=O) groups excluding carboxylic acids is 1. The smallest absolute Gasteiger partial charge is 0.230 e. The maximum atomic E-state index is 12.3. The van der Waals surface area contributed by atoms with Crippen LogP contribution >= 0.6 is 0 Å². The molecule has 0 radical (unpaired) electrons. The Balaban J connectivity index is 1.59. The Hall–Kier alpha value is -2.10. The molecule has 0 saturated heterocycles. The van der Waals surface area contributed by atoms with Crippen molar-refractivity contribution in [2.75, 3.05) is 6.54 Å². The number of nitrogens with one attached hydrogen (secondary N) is 1. The second kappa shape index (κ2) is 4.88. The first-order chi connectivity index (χ1) is 9.31. The first kappa shape index (κ1) is 12.0. The predicted octanol–water partition coefficient (Wildman–Crippen LogP) is 1.73. The quantitative estimate of drug-likeness (QED) is 0.884. The molecule has 1 saturated carbocycles. The van der Waals surface area contributed by atoms with Crippen molar-refractivity contribution >= 4 is 5.91 Å². The molecule has 1 aromatic carbocycles. The van der Waals surface area contributed by atoms with E-state index >= 15 is 0 Å². The van der Waals surface area contributed by atoms with Gasteiger partial charge in [0, 0.05) is 18.9 Å². The zero-order valence-corrected chi connectivity index (χ0v) is 10.7. The van der Waals surface area contributed by atoms with Crippen LogP contribution in [0.25, 0.3) is 0 Å². The summed E-state index contributed by atoms with van der Waals surface area (Å²) in [5, 5.41) is 7.14. The molecular weight excluding hydrogens is 238 g/mol. The summed E-state index contributed by atoms with van der Waals surface area (Å²) in [5.74, 6) is 0.144. The number of nitrogens with zero attached hydrogens (tertiary/aromatic N) is 2. The van der Waals surface area contributed by atoms with Gasteiger partial charge in [-0.05, 0) is 24.5 Å². The molecule has 1 aliphatic carbocycles. The minimum absolute atomic E-state index is 0.144. The van der Waals surface area contributed by atoms with E-state index in [1.165, 1.54) is 0 Å². The third-order valence-electron chi connectivity index (χ3n) is 3.70. The predicted molar refractivity (Wildman–Crippen MR) is 72.6 cm³/mol. The zero-order chi connectivity index (χ0) is 13.1. The first-order valence-corrected chi connectivity index (χ1v) is 6.62. The molecule has 0 unspecified atom stereocenters. The molecule has 0 atom stereocenters. The van der Waals surface area contributed by atoms with E-state index in [0.717, 1.165) is 18.4 Å². The lowest BCUT2D eigenvalue weighted by molar-refractivity contribution is -0.123. The molecular formula is C15H17N3O. The second-order valence-corrected chi connectivity index (χ2v) is 4.97. The van der Waals surface area contributed by atoms with Crippen molar-refractivity contribution in [2.45, 2.75) is 24.8 Å². The van der Waals surface area contributed by atoms with E-state index in [4.69, 9.17) is 0 Å². The van der Waals surface area contributed by atoms with Gasteiger partial charge >= 0.3 is 0 Å². The van der Waals surface area contributed by atoms with Gasteiger partial charge in [0.15, 0.2) is 0 Å². The monoisotopic (exact) mass is 255 g/mol. The van der Waals surface area contributed by atoms with Gasteiger partial charge < -0.3 is 5.32 Å². The number of amides is 1. The molecule has 19 heavy (non-hydrogen) atoms. The van der Waals surface area contributed by atoms with Gasteiger partial charge in [-0.3, -0.25) is 9.48 Å². The maximum absolute atomic E-state index is 12.3. The molecule has 98 valence electrons. The van der Waals surface area contributed by atoms with Crippen LogP contribution in [0, 0.1) is 0 Å². The normalized spacial score (nSPS) is 16.0. The zero-order valence-electron chi connectivity index (χ0n) is 10.7. The van der Waals surface area contributed by atoms with Crippen molar-refractivity contribution in [1.29, 1.82) is 0 Å². The van der Waals surface area contributed by atoms with E-state index in [-0.39, 0.29) is 11.3 Å². The van der Waals surface area contributed by atoms with Crippen molar-refractivity contribution < 1.29 is 4.79 Å². The third kappa shape index (κ3) is 2.38. The van der Waals surface area contributed by atoms with Crippen LogP contribution in [0.4, 0.5) is 0 Å². The Bertz CT molecular complexity index is 544. The Kier molecular flexibility index (Phi) is 3.07. The first-order valence-electron chi connectivity index (χ1n) is 6.62. The Morgan fingerprint density at radius 1 is 1.26 bits per heavy atom. The summed E-state index contributed by atoms with van der Waals surface area (Å²) in [6, 6.07) is 11.9. The van der Waals surface area contributed by atoms with E-state index < -0.39 is 0 Å². The van der Waals surface area contributed by atoms with Gasteiger partial charge in [-0.15, -0.1) is 0 Å². The summed E-state index contributed by atoms with van der Waals surface area (Å²) in [7, 11) is 0. The summed E-state index contributed by atoms with van der Waals surface area (Å²) in [5.41, 5.74) is 0.859. The maximum Gasteiger partial charge on any atom is 0.230 e. The molecule has 0 bridgehead atoms. The highest BCUT2D eigenvalue weighted by Gasteiger charge is 2.50. The molecule has 1 aliphatic rings. The standard InChI is InChI=1S/C15H17N3O/c19-14(16-10-12-18-11-4-9-17-18)15(7-8-15)13-5-2-1-3-6-13/h1-6,9,11H,7-8,10,12H2,(H,16,19). The Labute approximate surface area is 112 Å². The van der Waals surface area contributed by atoms with Crippen LogP contribution in [0.5, 0.6) is 0 Å². The summed E-state index contributed by atoms with van der Waals surface area (Å²) in [6.45, 7) is 1.33. The lowest BCUT2D eigenvalue weighted by Gasteiger charge is -2.15. The molecule has 3 rings (SSSR count). The van der Waals surface area contributed by atoms with Crippen LogP contribution in [0.15, 0.2) is 48.8 Å². The lowest BCUT2D eigenvalue weighted by atomic mass is 9.95. The van der Waals surface area contributed by atoms with Crippen LogP contribution in [-0.4, -0.2) is 22.2 Å². The number of carbonyl (C=O) groups is 1. The number of hydrogen-bond donors (Lipinski definition) is 1. The summed E-state index contributed by atoms with van der Waals surface area (Å²) in [4.78, 5) is 12.3. The SMILES string of the molecule is O=C(NCCn1cccn1)C1(c2ccccc2)CC1. The average Bonchev–Trinajstić information content (AvgIpc) is 3.11. The molecule has 1 heterocycles. The highest BCUT2D eigenvalue weighted by Crippen LogP contribution is 2.48. The fourth-order valence-corrected chi connectivity index (χ4v) is 2.41. The lowest BCUT2D eigenvalue weighted by Crippen LogP contribution is -2.36. The molecule has 4 heteroatoms. The number of rotatable bonds is 5. The molecule has 4 nitrogen and oxygen atoms in total. The molecule has 0 aliphatic heterocycles. The highest BCUT2D eigenvalue weighted by molar-refractivity contribution is 5.91. The fourth-order valence-electron chi connectivity index (χ4n) is 2.41. The van der Waals surface area contributed by atoms with Gasteiger partial charge in [0.05, 0.1) is 12.0 Å². The molecule has 2 aromatic rings. The van der Waals surface area contributed by atoms with E-state index in [9.17, 15) is 4.79 Å². The van der Waals surface area contributed by atoms with Gasteiger partial charge in [-0.2, -0.15) is 5.10 Å². The van der Waals surface area contributed by atoms with Crippen molar-refractivity contribution in [1.82, 2.24) is 15.1 Å². The summed E-state index contributed by atoms with van der Waals surface area (Å²) in [6.07, 6.45) is 5.54. The van der Waals surface area contributed by atoms with Crippen LogP contribution in [0.2, 0.25) is 0 Å². The van der Waals surface area contributed by atoms with Gasteiger partial charge in [0.2, 0.25) is 5.91 Å². The molecule has 1 N–H and O–H groups in total. The number of hydrogen-bond acceptors (Lipinski definition) is 2. The highest BCUT2D eigenvalue weighted by atomic mass is 16.2. The Morgan fingerprint density at radius 3 is 2.68 bits per heavy atom. The van der Waals surface area contributed by atoms with Crippen LogP contribution < -0.4 is 5.32 Å². The summed E-state index contributed by atoms with van der Waals surface area (Å²) >= 11 is 0. The number of benzene rings is 1. The van der Waals surface area contributed by atoms with Gasteiger partial charge in [-0.25, -0.2) is 0 Å². The van der Waals surface area contributed by atoms with Crippen molar-refractivity contribution in [3.05, 3.63) is 54.4 Å². The van der Waals surface area contributed by atoms with E-state index in [1.807, 2.05) is 47.3 Å². The topological polar surface area (TPSA) is 46.9 Å². The van der Waals surface area contributed by atoms with Crippen LogP contribution in [-0.2, 0) is 16.8 Å². The fraction of sp³-hybridized carbons (Fsp3) is 0.333. The molecule has 1 aromatic heterocycles. The van der Waals surface area contributed by atoms with Crippen molar-refractivity contribution in [2.24, 2.45) is 0 Å². The van der Waals surface area contributed by atoms with Gasteiger partial charge in [0.1, 0.15) is 0 Å². The molecule has 1 fully saturated rings. The van der Waals surface area contributed by atoms with E-state index in [2.05, 4.69) is 10.4 Å². The molecule has 1 amide bonds. The second-order valence-electron chi connectivity index (χ2n) is 4.97. The number of aromatic nitrogens is 2. The average molecular weight is 255 g/mol. The minimum Gasteiger partial charge on any atom is -0.353 e. The van der Waals surface area contributed by atoms with Crippen molar-refractivity contribution in [3.63, 3.8) is 0 Å². The van der Waals surface area contributed by atoms with E-state index in [1.54, 1.807) is 6.20 Å². The van der Waals surface area contributed by atoms with Gasteiger partial charge in [-0.1, -0.05) is 30.3 Å². The molecule has 0 spiro atoms.